The van der Waals surface area contributed by atoms with Crippen molar-refractivity contribution in [3.05, 3.63) is 57.1 Å². The van der Waals surface area contributed by atoms with Crippen molar-refractivity contribution in [3.63, 3.8) is 0 Å². The Morgan fingerprint density at radius 2 is 2.10 bits per heavy atom. The fraction of sp³-hybridized carbons (Fsp3) is 0.214. The van der Waals surface area contributed by atoms with E-state index in [0.717, 1.165) is 0 Å². The molecule has 0 fully saturated rings. The highest BCUT2D eigenvalue weighted by molar-refractivity contribution is 6.30. The van der Waals surface area contributed by atoms with Crippen molar-refractivity contribution in [3.8, 4) is 11.5 Å². The van der Waals surface area contributed by atoms with Crippen molar-refractivity contribution in [1.29, 1.82) is 0 Å². The Balaban J connectivity index is 2.16. The molecular formula is C14H13ClO5. The normalized spacial score (nSPS) is 10.3. The second-order valence-electron chi connectivity index (χ2n) is 3.98. The third-order valence-corrected chi connectivity index (χ3v) is 2.87. The number of methoxy groups -OCH3 is 1. The molecule has 0 bridgehead atoms. The van der Waals surface area contributed by atoms with Crippen LogP contribution in [0, 0.1) is 0 Å². The largest absolute Gasteiger partial charge is 0.496 e. The van der Waals surface area contributed by atoms with Crippen LogP contribution in [0.5, 0.6) is 11.5 Å². The van der Waals surface area contributed by atoms with Crippen LogP contribution >= 0.6 is 11.6 Å². The molecule has 1 N–H and O–H groups in total. The Morgan fingerprint density at radius 1 is 1.30 bits per heavy atom. The Bertz CT molecular complexity index is 650. The summed E-state index contributed by atoms with van der Waals surface area (Å²) in [5.74, 6) is 0.859. The summed E-state index contributed by atoms with van der Waals surface area (Å²) >= 11 is 5.91. The van der Waals surface area contributed by atoms with Crippen LogP contribution in [-0.4, -0.2) is 12.2 Å². The van der Waals surface area contributed by atoms with E-state index in [1.807, 2.05) is 0 Å². The van der Waals surface area contributed by atoms with Gasteiger partial charge in [0.25, 0.3) is 0 Å². The number of halogens is 1. The minimum atomic E-state index is -0.360. The zero-order valence-electron chi connectivity index (χ0n) is 10.8. The minimum absolute atomic E-state index is 0.0595. The molecule has 1 aromatic carbocycles. The van der Waals surface area contributed by atoms with Crippen molar-refractivity contribution in [1.82, 2.24) is 0 Å². The van der Waals surface area contributed by atoms with Gasteiger partial charge in [-0.3, -0.25) is 4.79 Å². The Kier molecular flexibility index (Phi) is 4.65. The minimum Gasteiger partial charge on any atom is -0.496 e. The highest BCUT2D eigenvalue weighted by Crippen LogP contribution is 2.23. The molecule has 106 valence electrons. The van der Waals surface area contributed by atoms with Gasteiger partial charge in [-0.05, 0) is 18.2 Å². The molecule has 1 aromatic heterocycles. The van der Waals surface area contributed by atoms with Crippen LogP contribution in [0.15, 0.2) is 39.7 Å². The first kappa shape index (κ1) is 14.4. The number of hydrogen-bond donors (Lipinski definition) is 1. The van der Waals surface area contributed by atoms with Gasteiger partial charge in [0.2, 0.25) is 11.2 Å². The summed E-state index contributed by atoms with van der Waals surface area (Å²) in [6.45, 7) is -0.218. The van der Waals surface area contributed by atoms with Crippen LogP contribution in [0.4, 0.5) is 0 Å². The smallest absolute Gasteiger partial charge is 0.227 e. The summed E-state index contributed by atoms with van der Waals surface area (Å²) in [6.07, 6.45) is 1.17. The quantitative estimate of drug-likeness (QED) is 0.917. The fourth-order valence-electron chi connectivity index (χ4n) is 1.64. The number of aliphatic hydroxyl groups is 1. The van der Waals surface area contributed by atoms with Gasteiger partial charge in [0.1, 0.15) is 31.0 Å². The van der Waals surface area contributed by atoms with Gasteiger partial charge < -0.3 is 19.0 Å². The molecule has 0 aliphatic carbocycles. The number of benzene rings is 1. The molecule has 2 aromatic rings. The molecular weight excluding hydrogens is 284 g/mol. The molecule has 0 saturated heterocycles. The van der Waals surface area contributed by atoms with E-state index in [9.17, 15) is 4.79 Å². The molecule has 0 radical (unpaired) electrons. The molecule has 0 saturated carbocycles. The Labute approximate surface area is 120 Å². The van der Waals surface area contributed by atoms with E-state index in [-0.39, 0.29) is 30.2 Å². The van der Waals surface area contributed by atoms with E-state index >= 15 is 0 Å². The van der Waals surface area contributed by atoms with Gasteiger partial charge >= 0.3 is 0 Å². The van der Waals surface area contributed by atoms with Gasteiger partial charge in [0.15, 0.2) is 0 Å². The van der Waals surface area contributed by atoms with Gasteiger partial charge in [-0.1, -0.05) is 11.6 Å². The standard InChI is InChI=1S/C14H13ClO5/c1-18-13-3-2-10(15)4-9(13)7-20-14-8-19-11(6-16)5-12(14)17/h2-5,8,16H,6-7H2,1H3. The maximum absolute atomic E-state index is 11.7. The summed E-state index contributed by atoms with van der Waals surface area (Å²) in [5.41, 5.74) is 0.354. The number of rotatable bonds is 5. The van der Waals surface area contributed by atoms with E-state index in [1.165, 1.54) is 19.4 Å². The predicted octanol–water partition coefficient (Wildman–Crippen LogP) is 2.37. The van der Waals surface area contributed by atoms with E-state index in [0.29, 0.717) is 16.3 Å². The second kappa shape index (κ2) is 6.45. The highest BCUT2D eigenvalue weighted by atomic mass is 35.5. The Morgan fingerprint density at radius 3 is 2.75 bits per heavy atom. The van der Waals surface area contributed by atoms with Crippen LogP contribution in [0.25, 0.3) is 0 Å². The van der Waals surface area contributed by atoms with Crippen LogP contribution in [0.2, 0.25) is 5.02 Å². The van der Waals surface area contributed by atoms with E-state index in [4.69, 9.17) is 30.6 Å². The van der Waals surface area contributed by atoms with Gasteiger partial charge in [-0.2, -0.15) is 0 Å². The van der Waals surface area contributed by atoms with E-state index < -0.39 is 0 Å². The molecule has 0 unspecified atom stereocenters. The molecule has 0 aliphatic rings. The third-order valence-electron chi connectivity index (χ3n) is 2.63. The van der Waals surface area contributed by atoms with Crippen molar-refractivity contribution in [2.24, 2.45) is 0 Å². The van der Waals surface area contributed by atoms with Gasteiger partial charge in [0.05, 0.1) is 7.11 Å². The summed E-state index contributed by atoms with van der Waals surface area (Å²) < 4.78 is 15.6. The molecule has 2 rings (SSSR count). The summed E-state index contributed by atoms with van der Waals surface area (Å²) in [7, 11) is 1.54. The number of ether oxygens (including phenoxy) is 2. The molecule has 5 nitrogen and oxygen atoms in total. The van der Waals surface area contributed by atoms with Crippen LogP contribution in [0.3, 0.4) is 0 Å². The lowest BCUT2D eigenvalue weighted by atomic mass is 10.2. The molecule has 6 heteroatoms. The SMILES string of the molecule is COc1ccc(Cl)cc1COc1coc(CO)cc1=O. The molecule has 0 atom stereocenters. The molecule has 20 heavy (non-hydrogen) atoms. The van der Waals surface area contributed by atoms with Gasteiger partial charge in [-0.15, -0.1) is 0 Å². The lowest BCUT2D eigenvalue weighted by Gasteiger charge is -2.10. The first-order chi connectivity index (χ1) is 9.63. The van der Waals surface area contributed by atoms with E-state index in [1.54, 1.807) is 18.2 Å². The molecule has 0 amide bonds. The number of aliphatic hydroxyl groups excluding tert-OH is 1. The molecule has 0 spiro atoms. The average Bonchev–Trinajstić information content (AvgIpc) is 2.46. The zero-order chi connectivity index (χ0) is 14.5. The second-order valence-corrected chi connectivity index (χ2v) is 4.41. The maximum Gasteiger partial charge on any atom is 0.227 e. The van der Waals surface area contributed by atoms with Crippen molar-refractivity contribution >= 4 is 11.6 Å². The van der Waals surface area contributed by atoms with Crippen LogP contribution in [0.1, 0.15) is 11.3 Å². The van der Waals surface area contributed by atoms with Gasteiger partial charge in [0, 0.05) is 16.7 Å². The summed E-state index contributed by atoms with van der Waals surface area (Å²) in [4.78, 5) is 11.7. The highest BCUT2D eigenvalue weighted by Gasteiger charge is 2.08. The zero-order valence-corrected chi connectivity index (χ0v) is 11.5. The van der Waals surface area contributed by atoms with Crippen LogP contribution < -0.4 is 14.9 Å². The molecule has 1 heterocycles. The molecule has 0 aliphatic heterocycles. The maximum atomic E-state index is 11.7. The predicted molar refractivity (Wildman–Crippen MR) is 73.2 cm³/mol. The Hall–Kier alpha value is -1.98. The lowest BCUT2D eigenvalue weighted by molar-refractivity contribution is 0.235. The van der Waals surface area contributed by atoms with Gasteiger partial charge in [-0.25, -0.2) is 0 Å². The first-order valence-electron chi connectivity index (χ1n) is 5.82. The topological polar surface area (TPSA) is 68.9 Å². The third kappa shape index (κ3) is 3.31. The summed E-state index contributed by atoms with van der Waals surface area (Å²) in [6, 6.07) is 6.31. The lowest BCUT2D eigenvalue weighted by Crippen LogP contribution is -2.08. The average molecular weight is 297 g/mol. The fourth-order valence-corrected chi connectivity index (χ4v) is 1.84. The first-order valence-corrected chi connectivity index (χ1v) is 6.19. The monoisotopic (exact) mass is 296 g/mol. The van der Waals surface area contributed by atoms with Crippen molar-refractivity contribution < 1.29 is 19.0 Å². The van der Waals surface area contributed by atoms with Crippen molar-refractivity contribution in [2.45, 2.75) is 13.2 Å². The summed E-state index contributed by atoms with van der Waals surface area (Å²) in [5, 5.41) is 9.40. The number of hydrogen-bond acceptors (Lipinski definition) is 5. The van der Waals surface area contributed by atoms with Crippen LogP contribution in [-0.2, 0) is 13.2 Å². The van der Waals surface area contributed by atoms with Crippen molar-refractivity contribution in [2.75, 3.05) is 7.11 Å². The van der Waals surface area contributed by atoms with E-state index in [2.05, 4.69) is 0 Å².